The van der Waals surface area contributed by atoms with E-state index in [1.54, 1.807) is 24.3 Å². The number of pyridine rings is 1. The molecule has 4 aromatic rings. The van der Waals surface area contributed by atoms with Gasteiger partial charge < -0.3 is 20.5 Å². The number of fused-ring (bicyclic) bond motifs is 1. The van der Waals surface area contributed by atoms with Gasteiger partial charge in [-0.05, 0) is 49.4 Å². The monoisotopic (exact) mass is 459 g/mol. The highest BCUT2D eigenvalue weighted by Gasteiger charge is 2.12. The first-order valence-corrected chi connectivity index (χ1v) is 10.5. The summed E-state index contributed by atoms with van der Waals surface area (Å²) in [6.07, 6.45) is 0. The summed E-state index contributed by atoms with van der Waals surface area (Å²) in [5, 5.41) is 3.35. The summed E-state index contributed by atoms with van der Waals surface area (Å²) < 4.78 is 24.0. The molecule has 7 nitrogen and oxygen atoms in total. The fraction of sp³-hybridized carbons (Fsp3) is 0.115. The Morgan fingerprint density at radius 2 is 1.68 bits per heavy atom. The molecular weight excluding hydrogens is 437 g/mol. The van der Waals surface area contributed by atoms with Gasteiger partial charge in [0.05, 0.1) is 11.2 Å². The van der Waals surface area contributed by atoms with E-state index in [9.17, 15) is 14.0 Å². The number of halogens is 1. The minimum atomic E-state index is -0.607. The van der Waals surface area contributed by atoms with Crippen LogP contribution >= 0.6 is 0 Å². The first-order chi connectivity index (χ1) is 16.4. The number of ether oxygens (including phenoxy) is 2. The number of hydrogen-bond donors (Lipinski definition) is 2. The minimum absolute atomic E-state index is 0.251. The summed E-state index contributed by atoms with van der Waals surface area (Å²) >= 11 is 0. The van der Waals surface area contributed by atoms with E-state index in [1.165, 1.54) is 24.3 Å². The van der Waals surface area contributed by atoms with E-state index in [4.69, 9.17) is 20.2 Å². The second kappa shape index (κ2) is 9.99. The Morgan fingerprint density at radius 1 is 0.941 bits per heavy atom. The van der Waals surface area contributed by atoms with Crippen molar-refractivity contribution in [3.63, 3.8) is 0 Å². The van der Waals surface area contributed by atoms with Gasteiger partial charge in [0.1, 0.15) is 17.3 Å². The van der Waals surface area contributed by atoms with Gasteiger partial charge in [-0.1, -0.05) is 29.8 Å². The lowest BCUT2D eigenvalue weighted by Crippen LogP contribution is -2.20. The van der Waals surface area contributed by atoms with Crippen molar-refractivity contribution in [2.24, 2.45) is 5.73 Å². The van der Waals surface area contributed by atoms with Crippen LogP contribution in [-0.2, 0) is 9.59 Å². The van der Waals surface area contributed by atoms with Crippen LogP contribution in [0.25, 0.3) is 22.2 Å². The number of nitrogens with one attached hydrogen (secondary N) is 1. The lowest BCUT2D eigenvalue weighted by molar-refractivity contribution is -0.120. The number of anilines is 1. The lowest BCUT2D eigenvalue weighted by atomic mass is 10.1. The van der Waals surface area contributed by atoms with Crippen molar-refractivity contribution < 1.29 is 23.5 Å². The predicted octanol–water partition coefficient (Wildman–Crippen LogP) is 4.23. The molecule has 0 saturated heterocycles. The highest BCUT2D eigenvalue weighted by Crippen LogP contribution is 2.32. The molecular formula is C26H22FN3O4. The summed E-state index contributed by atoms with van der Waals surface area (Å²) in [5.41, 5.74) is 9.08. The van der Waals surface area contributed by atoms with Gasteiger partial charge in [-0.3, -0.25) is 9.59 Å². The van der Waals surface area contributed by atoms with Gasteiger partial charge in [-0.2, -0.15) is 0 Å². The molecule has 172 valence electrons. The van der Waals surface area contributed by atoms with Crippen LogP contribution in [0.15, 0.2) is 72.8 Å². The maximum Gasteiger partial charge on any atom is 0.262 e. The van der Waals surface area contributed by atoms with Crippen molar-refractivity contribution >= 4 is 28.4 Å². The van der Waals surface area contributed by atoms with Gasteiger partial charge >= 0.3 is 0 Å². The molecule has 0 aliphatic rings. The van der Waals surface area contributed by atoms with Gasteiger partial charge in [0.25, 0.3) is 11.8 Å². The lowest BCUT2D eigenvalue weighted by Gasteiger charge is -2.13. The third-order valence-corrected chi connectivity index (χ3v) is 4.96. The van der Waals surface area contributed by atoms with E-state index in [1.807, 2.05) is 31.2 Å². The number of carbonyl (C=O) groups is 2. The predicted molar refractivity (Wildman–Crippen MR) is 127 cm³/mol. The molecule has 0 saturated carbocycles. The van der Waals surface area contributed by atoms with Gasteiger partial charge in [0.2, 0.25) is 0 Å². The zero-order valence-electron chi connectivity index (χ0n) is 18.4. The van der Waals surface area contributed by atoms with E-state index in [0.717, 1.165) is 11.1 Å². The van der Waals surface area contributed by atoms with Crippen molar-refractivity contribution in [2.75, 3.05) is 18.5 Å². The Labute approximate surface area is 195 Å². The van der Waals surface area contributed by atoms with Gasteiger partial charge in [0.15, 0.2) is 13.2 Å². The van der Waals surface area contributed by atoms with Crippen LogP contribution in [0, 0.1) is 12.7 Å². The second-order valence-electron chi connectivity index (χ2n) is 7.65. The third-order valence-electron chi connectivity index (χ3n) is 4.96. The Kier molecular flexibility index (Phi) is 6.68. The number of aryl methyl sites for hydroxylation is 1. The summed E-state index contributed by atoms with van der Waals surface area (Å²) in [4.78, 5) is 28.4. The van der Waals surface area contributed by atoms with Crippen molar-refractivity contribution in [3.05, 3.63) is 84.2 Å². The first kappa shape index (κ1) is 22.7. The zero-order chi connectivity index (χ0) is 24.1. The second-order valence-corrected chi connectivity index (χ2v) is 7.65. The Hall–Kier alpha value is -4.46. The molecule has 1 heterocycles. The number of nitrogens with zero attached hydrogens (tertiary/aromatic N) is 1. The maximum atomic E-state index is 13.0. The van der Waals surface area contributed by atoms with E-state index in [0.29, 0.717) is 33.8 Å². The first-order valence-electron chi connectivity index (χ1n) is 10.5. The number of carbonyl (C=O) groups excluding carboxylic acids is 2. The quantitative estimate of drug-likeness (QED) is 0.410. The van der Waals surface area contributed by atoms with Crippen LogP contribution in [0.5, 0.6) is 11.5 Å². The van der Waals surface area contributed by atoms with Crippen molar-refractivity contribution in [1.29, 1.82) is 0 Å². The number of primary amides is 1. The smallest absolute Gasteiger partial charge is 0.262 e. The van der Waals surface area contributed by atoms with Crippen LogP contribution in [0.1, 0.15) is 5.56 Å². The average molecular weight is 459 g/mol. The van der Waals surface area contributed by atoms with Gasteiger partial charge in [-0.25, -0.2) is 9.37 Å². The molecule has 2 amide bonds. The number of hydrogen-bond acceptors (Lipinski definition) is 5. The highest BCUT2D eigenvalue weighted by atomic mass is 19.1. The Morgan fingerprint density at radius 3 is 2.38 bits per heavy atom. The normalized spacial score (nSPS) is 10.6. The average Bonchev–Trinajstić information content (AvgIpc) is 2.82. The van der Waals surface area contributed by atoms with Crippen LogP contribution < -0.4 is 20.5 Å². The fourth-order valence-electron chi connectivity index (χ4n) is 3.29. The van der Waals surface area contributed by atoms with E-state index < -0.39 is 11.8 Å². The Bertz CT molecular complexity index is 1340. The summed E-state index contributed by atoms with van der Waals surface area (Å²) in [6, 6.07) is 20.2. The van der Waals surface area contributed by atoms with Crippen molar-refractivity contribution in [3.8, 4) is 22.8 Å². The summed E-state index contributed by atoms with van der Waals surface area (Å²) in [5.74, 6) is -0.596. The molecule has 0 atom stereocenters. The van der Waals surface area contributed by atoms with Crippen molar-refractivity contribution in [2.45, 2.75) is 6.92 Å². The van der Waals surface area contributed by atoms with Gasteiger partial charge in [-0.15, -0.1) is 0 Å². The SMILES string of the molecule is Cc1ccc(-c2cc(OCC(N)=O)c3cc(NC(=O)COc4ccc(F)cc4)ccc3n2)cc1. The van der Waals surface area contributed by atoms with Crippen molar-refractivity contribution in [1.82, 2.24) is 4.98 Å². The molecule has 0 fully saturated rings. The zero-order valence-corrected chi connectivity index (χ0v) is 18.4. The molecule has 0 unspecified atom stereocenters. The highest BCUT2D eigenvalue weighted by molar-refractivity contribution is 5.96. The van der Waals surface area contributed by atoms with Crippen LogP contribution in [0.2, 0.25) is 0 Å². The molecule has 4 rings (SSSR count). The van der Waals surface area contributed by atoms with E-state index in [2.05, 4.69) is 5.32 Å². The molecule has 0 aliphatic carbocycles. The van der Waals surface area contributed by atoms with E-state index >= 15 is 0 Å². The number of rotatable bonds is 8. The molecule has 34 heavy (non-hydrogen) atoms. The molecule has 3 N–H and O–H groups in total. The summed E-state index contributed by atoms with van der Waals surface area (Å²) in [7, 11) is 0. The topological polar surface area (TPSA) is 104 Å². The van der Waals surface area contributed by atoms with Crippen LogP contribution in [0.3, 0.4) is 0 Å². The molecule has 8 heteroatoms. The van der Waals surface area contributed by atoms with Gasteiger partial charge in [0, 0.05) is 22.7 Å². The maximum absolute atomic E-state index is 13.0. The van der Waals surface area contributed by atoms with Crippen LogP contribution in [0.4, 0.5) is 10.1 Å². The number of nitrogens with two attached hydrogens (primary N) is 1. The molecule has 1 aromatic heterocycles. The number of aromatic nitrogens is 1. The minimum Gasteiger partial charge on any atom is -0.484 e. The fourth-order valence-corrected chi connectivity index (χ4v) is 3.29. The largest absolute Gasteiger partial charge is 0.484 e. The molecule has 0 spiro atoms. The van der Waals surface area contributed by atoms with Crippen LogP contribution in [-0.4, -0.2) is 30.0 Å². The van der Waals surface area contributed by atoms with E-state index in [-0.39, 0.29) is 19.0 Å². The number of amides is 2. The summed E-state index contributed by atoms with van der Waals surface area (Å²) in [6.45, 7) is 1.45. The molecule has 0 aliphatic heterocycles. The standard InChI is InChI=1S/C26H22FN3O4/c1-16-2-4-17(5-3-16)23-13-24(34-14-25(28)31)21-12-19(8-11-22(21)30-23)29-26(32)15-33-20-9-6-18(27)7-10-20/h2-13H,14-15H2,1H3,(H2,28,31)(H,29,32). The molecule has 0 bridgehead atoms. The molecule has 0 radical (unpaired) electrons. The Balaban J connectivity index is 1.57. The molecule has 3 aromatic carbocycles. The number of benzene rings is 3. The third kappa shape index (κ3) is 5.66.